The van der Waals surface area contributed by atoms with Gasteiger partial charge < -0.3 is 4.90 Å². The fraction of sp³-hybridized carbons (Fsp3) is 0.500. The van der Waals surface area contributed by atoms with Crippen LogP contribution in [0.3, 0.4) is 0 Å². The molecule has 2 aliphatic rings. The average Bonchev–Trinajstić information content (AvgIpc) is 3.40. The zero-order chi connectivity index (χ0) is 21.8. The lowest BCUT2D eigenvalue weighted by molar-refractivity contribution is -0.130. The molecule has 2 saturated heterocycles. The van der Waals surface area contributed by atoms with Crippen molar-refractivity contribution in [3.05, 3.63) is 51.9 Å². The Bertz CT molecular complexity index is 1000. The van der Waals surface area contributed by atoms with Crippen LogP contribution >= 0.6 is 22.9 Å². The van der Waals surface area contributed by atoms with E-state index in [9.17, 15) is 13.2 Å². The van der Waals surface area contributed by atoms with Gasteiger partial charge in [0.1, 0.15) is 4.21 Å². The number of carbonyl (C=O) groups is 1. The Kier molecular flexibility index (Phi) is 7.33. The van der Waals surface area contributed by atoms with Crippen LogP contribution in [0.15, 0.2) is 40.6 Å². The van der Waals surface area contributed by atoms with Crippen LogP contribution in [-0.2, 0) is 27.8 Å². The van der Waals surface area contributed by atoms with Crippen molar-refractivity contribution in [2.45, 2.75) is 36.4 Å². The first kappa shape index (κ1) is 22.7. The third-order valence-corrected chi connectivity index (χ3v) is 9.59. The summed E-state index contributed by atoms with van der Waals surface area (Å²) in [7, 11) is -3.41. The van der Waals surface area contributed by atoms with E-state index in [1.807, 2.05) is 29.2 Å². The minimum absolute atomic E-state index is 0.0697. The van der Waals surface area contributed by atoms with E-state index in [2.05, 4.69) is 4.90 Å². The van der Waals surface area contributed by atoms with Crippen LogP contribution in [0.4, 0.5) is 0 Å². The molecule has 9 heteroatoms. The maximum Gasteiger partial charge on any atom is 0.252 e. The standard InChI is InChI=1S/C22H28ClN3O3S2/c23-19-6-4-18(5-7-19)17-24-10-3-11-25(15-14-24)21(27)16-20-8-9-22(30-20)31(28,29)26-12-1-2-13-26/h4-9H,1-3,10-17H2. The normalized spacial score (nSPS) is 18.9. The molecule has 1 amide bonds. The Balaban J connectivity index is 1.32. The smallest absolute Gasteiger partial charge is 0.252 e. The van der Waals surface area contributed by atoms with Gasteiger partial charge in [0.05, 0.1) is 6.42 Å². The fourth-order valence-electron chi connectivity index (χ4n) is 4.13. The maximum absolute atomic E-state index is 12.9. The molecular formula is C22H28ClN3O3S2. The van der Waals surface area contributed by atoms with E-state index in [1.165, 1.54) is 16.9 Å². The fourth-order valence-corrected chi connectivity index (χ4v) is 7.28. The van der Waals surface area contributed by atoms with Gasteiger partial charge in [-0.15, -0.1) is 11.3 Å². The lowest BCUT2D eigenvalue weighted by Crippen LogP contribution is -2.35. The van der Waals surface area contributed by atoms with E-state index < -0.39 is 10.0 Å². The second-order valence-electron chi connectivity index (χ2n) is 8.15. The van der Waals surface area contributed by atoms with Crippen LogP contribution < -0.4 is 0 Å². The summed E-state index contributed by atoms with van der Waals surface area (Å²) in [4.78, 5) is 18.0. The maximum atomic E-state index is 12.9. The van der Waals surface area contributed by atoms with Crippen LogP contribution in [0.1, 0.15) is 29.7 Å². The first-order chi connectivity index (χ1) is 14.9. The molecule has 0 spiro atoms. The molecule has 4 rings (SSSR count). The second-order valence-corrected chi connectivity index (χ2v) is 11.9. The number of halogens is 1. The second kappa shape index (κ2) is 10.0. The Morgan fingerprint density at radius 1 is 0.903 bits per heavy atom. The van der Waals surface area contributed by atoms with E-state index in [-0.39, 0.29) is 12.3 Å². The van der Waals surface area contributed by atoms with Crippen molar-refractivity contribution < 1.29 is 13.2 Å². The Morgan fingerprint density at radius 3 is 2.39 bits per heavy atom. The number of nitrogens with zero attached hydrogens (tertiary/aromatic N) is 3. The number of hydrogen-bond acceptors (Lipinski definition) is 5. The highest BCUT2D eigenvalue weighted by Gasteiger charge is 2.29. The zero-order valence-electron chi connectivity index (χ0n) is 17.5. The molecule has 6 nitrogen and oxygen atoms in total. The summed E-state index contributed by atoms with van der Waals surface area (Å²) in [5, 5.41) is 0.737. The molecule has 2 fully saturated rings. The van der Waals surface area contributed by atoms with E-state index in [0.29, 0.717) is 23.8 Å². The SMILES string of the molecule is O=C(Cc1ccc(S(=O)(=O)N2CCCC2)s1)N1CCCN(Cc2ccc(Cl)cc2)CC1. The van der Waals surface area contributed by atoms with Gasteiger partial charge in [-0.2, -0.15) is 4.31 Å². The number of rotatable bonds is 6. The Hall–Kier alpha value is -1.45. The van der Waals surface area contributed by atoms with Gasteiger partial charge in [-0.3, -0.25) is 9.69 Å². The number of sulfonamides is 1. The van der Waals surface area contributed by atoms with Crippen LogP contribution in [-0.4, -0.2) is 67.7 Å². The summed E-state index contributed by atoms with van der Waals surface area (Å²) in [6.07, 6.45) is 3.02. The molecule has 0 bridgehead atoms. The largest absolute Gasteiger partial charge is 0.341 e. The molecule has 168 valence electrons. The van der Waals surface area contributed by atoms with Gasteiger partial charge in [-0.05, 0) is 49.1 Å². The van der Waals surface area contributed by atoms with Gasteiger partial charge in [0.2, 0.25) is 5.91 Å². The average molecular weight is 482 g/mol. The molecule has 31 heavy (non-hydrogen) atoms. The molecule has 0 atom stereocenters. The van der Waals surface area contributed by atoms with Crippen molar-refractivity contribution >= 4 is 38.9 Å². The Morgan fingerprint density at radius 2 is 1.65 bits per heavy atom. The number of hydrogen-bond donors (Lipinski definition) is 0. The van der Waals surface area contributed by atoms with Crippen LogP contribution in [0.2, 0.25) is 5.02 Å². The Labute approximate surface area is 193 Å². The number of amides is 1. The summed E-state index contributed by atoms with van der Waals surface area (Å²) in [6.45, 7) is 5.24. The van der Waals surface area contributed by atoms with Gasteiger partial charge in [-0.25, -0.2) is 8.42 Å². The van der Waals surface area contributed by atoms with Crippen molar-refractivity contribution in [1.82, 2.24) is 14.1 Å². The van der Waals surface area contributed by atoms with Crippen LogP contribution in [0.25, 0.3) is 0 Å². The first-order valence-electron chi connectivity index (χ1n) is 10.8. The lowest BCUT2D eigenvalue weighted by Gasteiger charge is -2.22. The summed E-state index contributed by atoms with van der Waals surface area (Å²) >= 11 is 7.20. The predicted molar refractivity (Wildman–Crippen MR) is 124 cm³/mol. The zero-order valence-corrected chi connectivity index (χ0v) is 19.9. The monoisotopic (exact) mass is 481 g/mol. The number of thiophene rings is 1. The summed E-state index contributed by atoms with van der Waals surface area (Å²) in [5.74, 6) is 0.0697. The predicted octanol–water partition coefficient (Wildman–Crippen LogP) is 3.46. The highest BCUT2D eigenvalue weighted by atomic mass is 35.5. The molecule has 0 N–H and O–H groups in total. The summed E-state index contributed by atoms with van der Waals surface area (Å²) in [5.41, 5.74) is 1.22. The summed E-state index contributed by atoms with van der Waals surface area (Å²) < 4.78 is 27.3. The third kappa shape index (κ3) is 5.68. The molecule has 0 saturated carbocycles. The molecule has 0 aliphatic carbocycles. The van der Waals surface area contributed by atoms with E-state index in [0.717, 1.165) is 55.3 Å². The van der Waals surface area contributed by atoms with Crippen molar-refractivity contribution in [3.8, 4) is 0 Å². The number of benzene rings is 1. The van der Waals surface area contributed by atoms with Crippen molar-refractivity contribution in [2.75, 3.05) is 39.3 Å². The molecule has 1 aromatic carbocycles. The van der Waals surface area contributed by atoms with Crippen LogP contribution in [0, 0.1) is 0 Å². The minimum Gasteiger partial charge on any atom is -0.341 e. The lowest BCUT2D eigenvalue weighted by atomic mass is 10.2. The molecule has 0 unspecified atom stereocenters. The molecule has 0 radical (unpaired) electrons. The van der Waals surface area contributed by atoms with E-state index in [1.54, 1.807) is 16.4 Å². The molecule has 3 heterocycles. The molecule has 2 aromatic rings. The van der Waals surface area contributed by atoms with Gasteiger partial charge in [0, 0.05) is 55.7 Å². The van der Waals surface area contributed by atoms with E-state index in [4.69, 9.17) is 11.6 Å². The molecule has 1 aromatic heterocycles. The van der Waals surface area contributed by atoms with Crippen LogP contribution in [0.5, 0.6) is 0 Å². The summed E-state index contributed by atoms with van der Waals surface area (Å²) in [6, 6.07) is 11.3. The van der Waals surface area contributed by atoms with Gasteiger partial charge in [-0.1, -0.05) is 23.7 Å². The molecular weight excluding hydrogens is 454 g/mol. The van der Waals surface area contributed by atoms with Gasteiger partial charge >= 0.3 is 0 Å². The third-order valence-electron chi connectivity index (χ3n) is 5.88. The van der Waals surface area contributed by atoms with Crippen molar-refractivity contribution in [2.24, 2.45) is 0 Å². The quantitative estimate of drug-likeness (QED) is 0.634. The highest BCUT2D eigenvalue weighted by Crippen LogP contribution is 2.28. The van der Waals surface area contributed by atoms with Gasteiger partial charge in [0.15, 0.2) is 0 Å². The minimum atomic E-state index is -3.41. The van der Waals surface area contributed by atoms with Gasteiger partial charge in [0.25, 0.3) is 10.0 Å². The molecule has 2 aliphatic heterocycles. The topological polar surface area (TPSA) is 60.9 Å². The first-order valence-corrected chi connectivity index (χ1v) is 13.4. The van der Waals surface area contributed by atoms with Crippen molar-refractivity contribution in [1.29, 1.82) is 0 Å². The highest BCUT2D eigenvalue weighted by molar-refractivity contribution is 7.91. The number of carbonyl (C=O) groups excluding carboxylic acids is 1. The van der Waals surface area contributed by atoms with Crippen molar-refractivity contribution in [3.63, 3.8) is 0 Å². The van der Waals surface area contributed by atoms with E-state index >= 15 is 0 Å².